The van der Waals surface area contributed by atoms with E-state index in [-0.39, 0.29) is 0 Å². The number of hydrogen-bond acceptors (Lipinski definition) is 5. The summed E-state index contributed by atoms with van der Waals surface area (Å²) < 4.78 is 30.3. The number of alkyl halides is 2. The average Bonchev–Trinajstić information content (AvgIpc) is 2.60. The number of nitrogens with one attached hydrogen (secondary N) is 1. The number of allylic oxidation sites excluding steroid dienone is 1. The molecule has 0 aromatic heterocycles. The lowest BCUT2D eigenvalue weighted by Gasteiger charge is -2.17. The van der Waals surface area contributed by atoms with Gasteiger partial charge in [-0.2, -0.15) is 0 Å². The van der Waals surface area contributed by atoms with Crippen molar-refractivity contribution in [2.24, 2.45) is 10.7 Å². The molecule has 0 aliphatic rings. The third-order valence-electron chi connectivity index (χ3n) is 3.33. The van der Waals surface area contributed by atoms with Crippen molar-refractivity contribution in [3.63, 3.8) is 0 Å². The second kappa shape index (κ2) is 9.12. The van der Waals surface area contributed by atoms with Crippen molar-refractivity contribution in [3.05, 3.63) is 46.7 Å². The van der Waals surface area contributed by atoms with E-state index in [0.29, 0.717) is 11.1 Å². The number of carbonyl (C=O) groups excluding carboxylic acids is 2. The number of esters is 1. The van der Waals surface area contributed by atoms with Crippen LogP contribution in [0.3, 0.4) is 0 Å². The molecular weight excluding hydrogens is 356 g/mol. The van der Waals surface area contributed by atoms with Gasteiger partial charge in [0.1, 0.15) is 10.7 Å². The summed E-state index contributed by atoms with van der Waals surface area (Å²) in [6.45, 7) is 1.64. The van der Waals surface area contributed by atoms with Crippen molar-refractivity contribution < 1.29 is 23.1 Å². The molecule has 1 aromatic carbocycles. The highest BCUT2D eigenvalue weighted by molar-refractivity contribution is 6.72. The summed E-state index contributed by atoms with van der Waals surface area (Å²) in [5, 5.41) is 2.10. The largest absolute Gasteiger partial charge is 0.465 e. The molecule has 1 amide bonds. The van der Waals surface area contributed by atoms with E-state index in [4.69, 9.17) is 17.3 Å². The molecule has 6 nitrogen and oxygen atoms in total. The Morgan fingerprint density at radius 1 is 1.28 bits per heavy atom. The van der Waals surface area contributed by atoms with E-state index in [2.05, 4.69) is 15.0 Å². The van der Waals surface area contributed by atoms with Crippen LogP contribution < -0.4 is 11.1 Å². The van der Waals surface area contributed by atoms with Gasteiger partial charge in [-0.1, -0.05) is 23.7 Å². The average molecular weight is 374 g/mol. The first kappa shape index (κ1) is 20.6. The van der Waals surface area contributed by atoms with Gasteiger partial charge in [0.15, 0.2) is 0 Å². The summed E-state index contributed by atoms with van der Waals surface area (Å²) >= 11 is 5.73. The number of halogens is 3. The molecule has 0 aliphatic carbocycles. The Morgan fingerprint density at radius 2 is 1.84 bits per heavy atom. The Labute approximate surface area is 148 Å². The lowest BCUT2D eigenvalue weighted by Crippen LogP contribution is -2.33. The van der Waals surface area contributed by atoms with Crippen molar-refractivity contribution >= 4 is 28.6 Å². The zero-order valence-corrected chi connectivity index (χ0v) is 14.6. The molecule has 1 rings (SSSR count). The fourth-order valence-electron chi connectivity index (χ4n) is 1.94. The number of amides is 1. The van der Waals surface area contributed by atoms with E-state index in [1.165, 1.54) is 26.3 Å². The van der Waals surface area contributed by atoms with Crippen LogP contribution >= 0.6 is 11.6 Å². The SMILES string of the molecule is CN=C(Cl)C(C(=O)N[C@@H](C)c1ccc(C(=O)OC)cc1)=C(N)C(F)F. The van der Waals surface area contributed by atoms with Gasteiger partial charge in [-0.15, -0.1) is 0 Å². The standard InChI is InChI=1S/C16H18ClF2N3O3/c1-8(9-4-6-10(7-5-9)16(24)25-3)22-15(23)11(13(17)21-2)12(20)14(18)19/h4-8,14H,20H2,1-3H3,(H,22,23)/t8-/m0/s1. The molecule has 3 N–H and O–H groups in total. The number of hydrogen-bond donors (Lipinski definition) is 2. The molecule has 0 aliphatic heterocycles. The second-order valence-electron chi connectivity index (χ2n) is 4.95. The monoisotopic (exact) mass is 373 g/mol. The van der Waals surface area contributed by atoms with Crippen molar-refractivity contribution in [2.45, 2.75) is 19.4 Å². The lowest BCUT2D eigenvalue weighted by molar-refractivity contribution is -0.117. The number of rotatable bonds is 6. The molecule has 0 bridgehead atoms. The van der Waals surface area contributed by atoms with Crippen molar-refractivity contribution in [2.75, 3.05) is 14.2 Å². The smallest absolute Gasteiger partial charge is 0.337 e. The van der Waals surface area contributed by atoms with Crippen LogP contribution in [-0.2, 0) is 9.53 Å². The number of aliphatic imine (C=N–C) groups is 1. The first-order valence-corrected chi connectivity index (χ1v) is 7.50. The zero-order valence-electron chi connectivity index (χ0n) is 13.8. The first-order valence-electron chi connectivity index (χ1n) is 7.12. The van der Waals surface area contributed by atoms with Crippen LogP contribution in [0, 0.1) is 0 Å². The summed E-state index contributed by atoms with van der Waals surface area (Å²) in [6, 6.07) is 5.70. The van der Waals surface area contributed by atoms with Crippen LogP contribution in [0.4, 0.5) is 8.78 Å². The third-order valence-corrected chi connectivity index (χ3v) is 3.69. The highest BCUT2D eigenvalue weighted by Gasteiger charge is 2.24. The number of ether oxygens (including phenoxy) is 1. The molecule has 0 spiro atoms. The Morgan fingerprint density at radius 3 is 2.28 bits per heavy atom. The summed E-state index contributed by atoms with van der Waals surface area (Å²) in [7, 11) is 2.52. The van der Waals surface area contributed by atoms with E-state index in [1.54, 1.807) is 19.1 Å². The minimum Gasteiger partial charge on any atom is -0.465 e. The van der Waals surface area contributed by atoms with Crippen LogP contribution in [0.2, 0.25) is 0 Å². The fourth-order valence-corrected chi connectivity index (χ4v) is 2.14. The van der Waals surface area contributed by atoms with Crippen molar-refractivity contribution in [1.82, 2.24) is 5.32 Å². The van der Waals surface area contributed by atoms with Gasteiger partial charge in [-0.3, -0.25) is 9.79 Å². The van der Waals surface area contributed by atoms with Crippen LogP contribution in [0.1, 0.15) is 28.9 Å². The number of benzene rings is 1. The summed E-state index contributed by atoms with van der Waals surface area (Å²) in [5.41, 5.74) is 4.72. The molecular formula is C16H18ClF2N3O3. The van der Waals surface area contributed by atoms with Gasteiger partial charge in [0.2, 0.25) is 0 Å². The normalized spacial score (nSPS) is 14.0. The molecule has 1 aromatic rings. The number of methoxy groups -OCH3 is 1. The van der Waals surface area contributed by atoms with E-state index in [9.17, 15) is 18.4 Å². The van der Waals surface area contributed by atoms with E-state index in [0.717, 1.165) is 0 Å². The third kappa shape index (κ3) is 5.25. The number of carbonyl (C=O) groups is 2. The summed E-state index contributed by atoms with van der Waals surface area (Å²) in [6.07, 6.45) is -3.05. The molecule has 0 fully saturated rings. The van der Waals surface area contributed by atoms with E-state index >= 15 is 0 Å². The topological polar surface area (TPSA) is 93.8 Å². The molecule has 1 atom stereocenters. The summed E-state index contributed by atoms with van der Waals surface area (Å²) in [5.74, 6) is -1.37. The maximum Gasteiger partial charge on any atom is 0.337 e. The predicted molar refractivity (Wildman–Crippen MR) is 90.8 cm³/mol. The Hall–Kier alpha value is -2.48. The quantitative estimate of drug-likeness (QED) is 0.455. The highest BCUT2D eigenvalue weighted by atomic mass is 35.5. The van der Waals surface area contributed by atoms with Crippen molar-refractivity contribution in [3.8, 4) is 0 Å². The Balaban J connectivity index is 3.01. The number of nitrogens with zero attached hydrogens (tertiary/aromatic N) is 1. The maximum atomic E-state index is 12.8. The van der Waals surface area contributed by atoms with Gasteiger partial charge in [0.25, 0.3) is 12.3 Å². The number of nitrogens with two attached hydrogens (primary N) is 1. The van der Waals surface area contributed by atoms with Crippen LogP contribution in [0.5, 0.6) is 0 Å². The molecule has 25 heavy (non-hydrogen) atoms. The molecule has 136 valence electrons. The lowest BCUT2D eigenvalue weighted by atomic mass is 10.1. The first-order chi connectivity index (χ1) is 11.7. The van der Waals surface area contributed by atoms with Gasteiger partial charge >= 0.3 is 5.97 Å². The fraction of sp³-hybridized carbons (Fsp3) is 0.312. The van der Waals surface area contributed by atoms with E-state index < -0.39 is 40.8 Å². The molecule has 9 heteroatoms. The molecule has 0 heterocycles. The van der Waals surface area contributed by atoms with Crippen LogP contribution in [0.25, 0.3) is 0 Å². The van der Waals surface area contributed by atoms with Crippen LogP contribution in [-0.4, -0.2) is 37.6 Å². The van der Waals surface area contributed by atoms with Gasteiger partial charge in [0, 0.05) is 7.05 Å². The molecule has 0 radical (unpaired) electrons. The Kier molecular flexibility index (Phi) is 7.50. The van der Waals surface area contributed by atoms with Gasteiger partial charge in [-0.25, -0.2) is 13.6 Å². The van der Waals surface area contributed by atoms with E-state index in [1.807, 2.05) is 0 Å². The van der Waals surface area contributed by atoms with Gasteiger partial charge in [-0.05, 0) is 24.6 Å². The van der Waals surface area contributed by atoms with Gasteiger partial charge < -0.3 is 15.8 Å². The van der Waals surface area contributed by atoms with Crippen LogP contribution in [0.15, 0.2) is 40.5 Å². The second-order valence-corrected chi connectivity index (χ2v) is 5.31. The van der Waals surface area contributed by atoms with Crippen molar-refractivity contribution in [1.29, 1.82) is 0 Å². The predicted octanol–water partition coefficient (Wildman–Crippen LogP) is 2.40. The minimum absolute atomic E-state index is 0.341. The molecule has 0 unspecified atom stereocenters. The highest BCUT2D eigenvalue weighted by Crippen LogP contribution is 2.18. The Bertz CT molecular complexity index is 703. The summed E-state index contributed by atoms with van der Waals surface area (Å²) in [4.78, 5) is 27.2. The van der Waals surface area contributed by atoms with Gasteiger partial charge in [0.05, 0.1) is 24.4 Å². The maximum absolute atomic E-state index is 12.8. The zero-order chi connectivity index (χ0) is 19.1. The minimum atomic E-state index is -3.05. The molecule has 0 saturated heterocycles. The molecule has 0 saturated carbocycles.